The van der Waals surface area contributed by atoms with Crippen molar-refractivity contribution in [2.75, 3.05) is 6.61 Å². The van der Waals surface area contributed by atoms with Gasteiger partial charge in [0.25, 0.3) is 0 Å². The maximum Gasteiger partial charge on any atom is 0.119 e. The lowest BCUT2D eigenvalue weighted by molar-refractivity contribution is 0.297. The van der Waals surface area contributed by atoms with E-state index in [-0.39, 0.29) is 6.04 Å². The van der Waals surface area contributed by atoms with Gasteiger partial charge in [0.15, 0.2) is 0 Å². The van der Waals surface area contributed by atoms with Gasteiger partial charge in [-0.05, 0) is 42.7 Å². The highest BCUT2D eigenvalue weighted by Gasteiger charge is 2.08. The Balaban J connectivity index is 1.79. The summed E-state index contributed by atoms with van der Waals surface area (Å²) in [4.78, 5) is 0. The van der Waals surface area contributed by atoms with Crippen molar-refractivity contribution >= 4 is 23.2 Å². The number of benzene rings is 2. The zero-order valence-corrected chi connectivity index (χ0v) is 12.6. The molecular formula is C16H17Cl2NO. The highest BCUT2D eigenvalue weighted by molar-refractivity contribution is 6.35. The van der Waals surface area contributed by atoms with Crippen molar-refractivity contribution in [3.05, 3.63) is 64.1 Å². The van der Waals surface area contributed by atoms with Gasteiger partial charge < -0.3 is 10.5 Å². The van der Waals surface area contributed by atoms with E-state index < -0.39 is 0 Å². The average Bonchev–Trinajstić information content (AvgIpc) is 2.43. The van der Waals surface area contributed by atoms with Crippen molar-refractivity contribution in [2.24, 2.45) is 5.73 Å². The van der Waals surface area contributed by atoms with Crippen LogP contribution in [0.25, 0.3) is 0 Å². The highest BCUT2D eigenvalue weighted by Crippen LogP contribution is 2.22. The number of hydrogen-bond donors (Lipinski definition) is 1. The highest BCUT2D eigenvalue weighted by atomic mass is 35.5. The third-order valence-electron chi connectivity index (χ3n) is 3.00. The second-order valence-corrected chi connectivity index (χ2v) is 5.49. The van der Waals surface area contributed by atoms with E-state index in [4.69, 9.17) is 33.7 Å². The van der Waals surface area contributed by atoms with E-state index in [0.29, 0.717) is 23.1 Å². The third kappa shape index (κ3) is 4.71. The molecule has 0 aliphatic carbocycles. The molecule has 20 heavy (non-hydrogen) atoms. The molecule has 0 heterocycles. The van der Waals surface area contributed by atoms with E-state index in [2.05, 4.69) is 0 Å². The molecule has 2 N–H and O–H groups in total. The molecule has 0 aromatic heterocycles. The molecule has 2 nitrogen and oxygen atoms in total. The summed E-state index contributed by atoms with van der Waals surface area (Å²) in [5.41, 5.74) is 7.12. The first kappa shape index (κ1) is 15.2. The van der Waals surface area contributed by atoms with Gasteiger partial charge in [0.1, 0.15) is 5.75 Å². The fourth-order valence-corrected chi connectivity index (χ4v) is 2.40. The standard InChI is InChI=1S/C16H17Cl2NO/c17-13-7-6-12(16(18)11-13)10-14(19)8-9-20-15-4-2-1-3-5-15/h1-7,11,14H,8-10,19H2. The van der Waals surface area contributed by atoms with Crippen LogP contribution in [0.15, 0.2) is 48.5 Å². The van der Waals surface area contributed by atoms with E-state index in [1.807, 2.05) is 42.5 Å². The molecule has 0 fully saturated rings. The molecule has 0 bridgehead atoms. The van der Waals surface area contributed by atoms with Crippen LogP contribution in [0, 0.1) is 0 Å². The molecule has 0 radical (unpaired) electrons. The summed E-state index contributed by atoms with van der Waals surface area (Å²) >= 11 is 12.0. The van der Waals surface area contributed by atoms with Crippen LogP contribution >= 0.6 is 23.2 Å². The number of para-hydroxylation sites is 1. The van der Waals surface area contributed by atoms with Gasteiger partial charge in [-0.15, -0.1) is 0 Å². The van der Waals surface area contributed by atoms with Crippen LogP contribution in [0.1, 0.15) is 12.0 Å². The molecule has 4 heteroatoms. The van der Waals surface area contributed by atoms with Crippen molar-refractivity contribution in [1.82, 2.24) is 0 Å². The second-order valence-electron chi connectivity index (χ2n) is 4.65. The van der Waals surface area contributed by atoms with Gasteiger partial charge >= 0.3 is 0 Å². The SMILES string of the molecule is NC(CCOc1ccccc1)Cc1ccc(Cl)cc1Cl. The number of ether oxygens (including phenoxy) is 1. The largest absolute Gasteiger partial charge is 0.494 e. The van der Waals surface area contributed by atoms with Gasteiger partial charge in [-0.2, -0.15) is 0 Å². The lowest BCUT2D eigenvalue weighted by Crippen LogP contribution is -2.25. The van der Waals surface area contributed by atoms with Gasteiger partial charge in [-0.3, -0.25) is 0 Å². The van der Waals surface area contributed by atoms with Crippen molar-refractivity contribution in [3.63, 3.8) is 0 Å². The number of hydrogen-bond acceptors (Lipinski definition) is 2. The predicted molar refractivity (Wildman–Crippen MR) is 84.7 cm³/mol. The van der Waals surface area contributed by atoms with E-state index >= 15 is 0 Å². The lowest BCUT2D eigenvalue weighted by atomic mass is 10.0. The van der Waals surface area contributed by atoms with Crippen LogP contribution in [0.5, 0.6) is 5.75 Å². The molecule has 2 aromatic rings. The Kier molecular flexibility index (Phi) is 5.72. The summed E-state index contributed by atoms with van der Waals surface area (Å²) in [6.07, 6.45) is 1.49. The first-order valence-corrected chi connectivity index (χ1v) is 7.28. The Morgan fingerprint density at radius 1 is 1.05 bits per heavy atom. The van der Waals surface area contributed by atoms with Crippen LogP contribution in [0.3, 0.4) is 0 Å². The van der Waals surface area contributed by atoms with Crippen LogP contribution < -0.4 is 10.5 Å². The minimum absolute atomic E-state index is 0.0115. The molecule has 106 valence electrons. The summed E-state index contributed by atoms with van der Waals surface area (Å²) in [5.74, 6) is 0.865. The van der Waals surface area contributed by atoms with Crippen molar-refractivity contribution in [1.29, 1.82) is 0 Å². The fourth-order valence-electron chi connectivity index (χ4n) is 1.92. The summed E-state index contributed by atoms with van der Waals surface area (Å²) in [6, 6.07) is 15.2. The number of nitrogens with two attached hydrogens (primary N) is 1. The summed E-state index contributed by atoms with van der Waals surface area (Å²) in [5, 5.41) is 1.30. The van der Waals surface area contributed by atoms with Crippen LogP contribution in [0.4, 0.5) is 0 Å². The molecule has 0 aliphatic rings. The third-order valence-corrected chi connectivity index (χ3v) is 3.58. The minimum atomic E-state index is 0.0115. The topological polar surface area (TPSA) is 35.2 Å². The van der Waals surface area contributed by atoms with Crippen molar-refractivity contribution in [2.45, 2.75) is 18.9 Å². The van der Waals surface area contributed by atoms with Gasteiger partial charge in [0.05, 0.1) is 6.61 Å². The van der Waals surface area contributed by atoms with Crippen molar-refractivity contribution in [3.8, 4) is 5.75 Å². The van der Waals surface area contributed by atoms with Crippen LogP contribution in [-0.4, -0.2) is 12.6 Å². The Labute approximate surface area is 129 Å². The van der Waals surface area contributed by atoms with E-state index in [1.165, 1.54) is 0 Å². The van der Waals surface area contributed by atoms with Gasteiger partial charge in [0.2, 0.25) is 0 Å². The normalized spacial score (nSPS) is 12.2. The van der Waals surface area contributed by atoms with Gasteiger partial charge in [-0.25, -0.2) is 0 Å². The quantitative estimate of drug-likeness (QED) is 0.862. The number of halogens is 2. The zero-order chi connectivity index (χ0) is 14.4. The molecule has 0 aliphatic heterocycles. The van der Waals surface area contributed by atoms with E-state index in [1.54, 1.807) is 6.07 Å². The van der Waals surface area contributed by atoms with E-state index in [0.717, 1.165) is 17.7 Å². The van der Waals surface area contributed by atoms with E-state index in [9.17, 15) is 0 Å². The fraction of sp³-hybridized carbons (Fsp3) is 0.250. The maximum atomic E-state index is 6.13. The van der Waals surface area contributed by atoms with Crippen LogP contribution in [-0.2, 0) is 6.42 Å². The van der Waals surface area contributed by atoms with Crippen LogP contribution in [0.2, 0.25) is 10.0 Å². The predicted octanol–water partition coefficient (Wildman–Crippen LogP) is 4.33. The molecule has 1 atom stereocenters. The minimum Gasteiger partial charge on any atom is -0.494 e. The monoisotopic (exact) mass is 309 g/mol. The smallest absolute Gasteiger partial charge is 0.119 e. The first-order valence-electron chi connectivity index (χ1n) is 6.52. The Bertz CT molecular complexity index is 545. The Morgan fingerprint density at radius 3 is 2.50 bits per heavy atom. The second kappa shape index (κ2) is 7.53. The van der Waals surface area contributed by atoms with Gasteiger partial charge in [0, 0.05) is 16.1 Å². The molecule has 0 amide bonds. The average molecular weight is 310 g/mol. The molecular weight excluding hydrogens is 293 g/mol. The molecule has 1 unspecified atom stereocenters. The maximum absolute atomic E-state index is 6.13. The molecule has 2 rings (SSSR count). The Morgan fingerprint density at radius 2 is 1.80 bits per heavy atom. The van der Waals surface area contributed by atoms with Gasteiger partial charge in [-0.1, -0.05) is 47.5 Å². The Hall–Kier alpha value is -1.22. The molecule has 0 saturated heterocycles. The first-order chi connectivity index (χ1) is 9.65. The summed E-state index contributed by atoms with van der Waals surface area (Å²) in [7, 11) is 0. The number of rotatable bonds is 6. The molecule has 0 spiro atoms. The summed E-state index contributed by atoms with van der Waals surface area (Å²) in [6.45, 7) is 0.594. The molecule has 2 aromatic carbocycles. The van der Waals surface area contributed by atoms with Crippen molar-refractivity contribution < 1.29 is 4.74 Å². The molecule has 0 saturated carbocycles. The lowest BCUT2D eigenvalue weighted by Gasteiger charge is -2.13. The zero-order valence-electron chi connectivity index (χ0n) is 11.1. The summed E-state index contributed by atoms with van der Waals surface area (Å²) < 4.78 is 5.63.